The maximum atomic E-state index is 13.7. The van der Waals surface area contributed by atoms with Crippen LogP contribution in [-0.4, -0.2) is 58.8 Å². The minimum Gasteiger partial charge on any atom is -0.446 e. The van der Waals surface area contributed by atoms with E-state index < -0.39 is 47.1 Å². The lowest BCUT2D eigenvalue weighted by Gasteiger charge is -2.40. The van der Waals surface area contributed by atoms with Gasteiger partial charge in [0, 0.05) is 25.2 Å². The number of alkyl halides is 3. The molecule has 2 saturated heterocycles. The van der Waals surface area contributed by atoms with Crippen molar-refractivity contribution in [2.24, 2.45) is 0 Å². The lowest BCUT2D eigenvalue weighted by molar-refractivity contribution is -0.141. The fraction of sp³-hybridized carbons (Fsp3) is 0.481. The number of aliphatic hydroxyl groups is 1. The molecule has 2 aliphatic heterocycles. The van der Waals surface area contributed by atoms with Gasteiger partial charge < -0.3 is 15.2 Å². The average molecular weight is 554 g/mol. The average Bonchev–Trinajstić information content (AvgIpc) is 3.52. The zero-order valence-corrected chi connectivity index (χ0v) is 20.9. The summed E-state index contributed by atoms with van der Waals surface area (Å²) >= 11 is 0. The molecular weight excluding hydrogens is 525 g/mol. The van der Waals surface area contributed by atoms with Gasteiger partial charge in [0.25, 0.3) is 0 Å². The number of urea groups is 1. The predicted octanol–water partition coefficient (Wildman–Crippen LogP) is 5.09. The van der Waals surface area contributed by atoms with Crippen LogP contribution in [0.2, 0.25) is 0 Å². The fourth-order valence-electron chi connectivity index (χ4n) is 5.94. The molecule has 3 amide bonds. The van der Waals surface area contributed by atoms with E-state index in [2.05, 4.69) is 10.2 Å². The third-order valence-electron chi connectivity index (χ3n) is 8.00. The number of hydrogen-bond donors (Lipinski definition) is 2. The highest BCUT2D eigenvalue weighted by Gasteiger charge is 2.45. The fourth-order valence-corrected chi connectivity index (χ4v) is 5.94. The summed E-state index contributed by atoms with van der Waals surface area (Å²) in [5.74, 6) is -2.14. The second-order valence-electron chi connectivity index (χ2n) is 10.4. The van der Waals surface area contributed by atoms with E-state index in [1.807, 2.05) is 0 Å². The first-order valence-electron chi connectivity index (χ1n) is 12.8. The highest BCUT2D eigenvalue weighted by molar-refractivity contribution is 5.92. The smallest absolute Gasteiger partial charge is 0.418 e. The van der Waals surface area contributed by atoms with E-state index in [4.69, 9.17) is 4.74 Å². The molecule has 0 aromatic heterocycles. The van der Waals surface area contributed by atoms with E-state index in [1.54, 1.807) is 0 Å². The third kappa shape index (κ3) is 5.44. The van der Waals surface area contributed by atoms with Crippen LogP contribution in [0.15, 0.2) is 42.5 Å². The topological polar surface area (TPSA) is 82.1 Å². The van der Waals surface area contributed by atoms with Crippen LogP contribution in [0.1, 0.15) is 54.8 Å². The molecule has 39 heavy (non-hydrogen) atoms. The summed E-state index contributed by atoms with van der Waals surface area (Å²) in [5.41, 5.74) is -2.27. The number of rotatable bonds is 4. The van der Waals surface area contributed by atoms with Crippen LogP contribution in [0.25, 0.3) is 0 Å². The first-order chi connectivity index (χ1) is 18.5. The molecule has 3 fully saturated rings. The Labute approximate surface area is 221 Å². The zero-order chi connectivity index (χ0) is 27.9. The van der Waals surface area contributed by atoms with Gasteiger partial charge in [-0.2, -0.15) is 13.2 Å². The number of cyclic esters (lactones) is 1. The number of amides is 3. The van der Waals surface area contributed by atoms with Crippen molar-refractivity contribution in [3.05, 3.63) is 70.8 Å². The largest absolute Gasteiger partial charge is 0.446 e. The second kappa shape index (κ2) is 10.4. The zero-order valence-electron chi connectivity index (χ0n) is 20.9. The summed E-state index contributed by atoms with van der Waals surface area (Å²) in [6.07, 6.45) is -3.54. The maximum Gasteiger partial charge on any atom is 0.418 e. The van der Waals surface area contributed by atoms with Crippen molar-refractivity contribution in [3.63, 3.8) is 0 Å². The van der Waals surface area contributed by atoms with Gasteiger partial charge in [-0.15, -0.1) is 0 Å². The SMILES string of the molecule is O=C(N[C@@H]1CCN(C2CCC(O)(c3ccccc3C(F)(F)F)CC2)C1)N1C(=O)OC[C@@H]1c1ccc(F)c(F)c1. The summed E-state index contributed by atoms with van der Waals surface area (Å²) in [6.45, 7) is 0.910. The number of halogens is 5. The second-order valence-corrected chi connectivity index (χ2v) is 10.4. The molecular formula is C27H28F5N3O4. The molecule has 0 radical (unpaired) electrons. The number of imide groups is 1. The van der Waals surface area contributed by atoms with E-state index in [9.17, 15) is 36.6 Å². The monoisotopic (exact) mass is 553 g/mol. The highest BCUT2D eigenvalue weighted by atomic mass is 19.4. The summed E-state index contributed by atoms with van der Waals surface area (Å²) in [6, 6.07) is 6.38. The number of carbonyl (C=O) groups excluding carboxylic acids is 2. The van der Waals surface area contributed by atoms with Crippen LogP contribution in [0, 0.1) is 11.6 Å². The van der Waals surface area contributed by atoms with Crippen molar-refractivity contribution >= 4 is 12.1 Å². The molecule has 2 N–H and O–H groups in total. The molecule has 2 heterocycles. The molecule has 0 spiro atoms. The van der Waals surface area contributed by atoms with Gasteiger partial charge in [-0.25, -0.2) is 23.3 Å². The number of carbonyl (C=O) groups is 2. The molecule has 2 aromatic rings. The maximum absolute atomic E-state index is 13.7. The molecule has 5 rings (SSSR count). The quantitative estimate of drug-likeness (QED) is 0.516. The molecule has 7 nitrogen and oxygen atoms in total. The number of ether oxygens (including phenoxy) is 1. The highest BCUT2D eigenvalue weighted by Crippen LogP contribution is 2.44. The lowest BCUT2D eigenvalue weighted by Crippen LogP contribution is -2.48. The van der Waals surface area contributed by atoms with Crippen LogP contribution in [0.3, 0.4) is 0 Å². The van der Waals surface area contributed by atoms with Crippen molar-refractivity contribution in [2.45, 2.75) is 62.0 Å². The Morgan fingerprint density at radius 1 is 1.05 bits per heavy atom. The first-order valence-corrected chi connectivity index (χ1v) is 12.8. The van der Waals surface area contributed by atoms with E-state index in [1.165, 1.54) is 24.3 Å². The predicted molar refractivity (Wildman–Crippen MR) is 128 cm³/mol. The molecule has 2 aromatic carbocycles. The Morgan fingerprint density at radius 2 is 1.77 bits per heavy atom. The molecule has 3 aliphatic rings. The Morgan fingerprint density at radius 3 is 2.46 bits per heavy atom. The van der Waals surface area contributed by atoms with Crippen LogP contribution < -0.4 is 5.32 Å². The van der Waals surface area contributed by atoms with Gasteiger partial charge in [0.2, 0.25) is 0 Å². The first kappa shape index (κ1) is 27.3. The van der Waals surface area contributed by atoms with Crippen molar-refractivity contribution < 1.29 is 41.4 Å². The molecule has 1 saturated carbocycles. The summed E-state index contributed by atoms with van der Waals surface area (Å²) in [7, 11) is 0. The Balaban J connectivity index is 1.19. The van der Waals surface area contributed by atoms with E-state index in [0.29, 0.717) is 32.4 Å². The molecule has 210 valence electrons. The Kier molecular flexibility index (Phi) is 7.27. The standard InChI is InChI=1S/C27H28F5N3O4/c28-21-6-5-16(13-22(21)29)23-15-39-25(37)35(23)24(36)33-17-9-12-34(14-17)18-7-10-26(38,11-8-18)19-3-1-2-4-20(19)27(30,31)32/h1-6,13,17-18,23,38H,7-12,14-15H2,(H,33,36)/t17-,18?,23-,26?/m1/s1. The number of nitrogens with one attached hydrogen (secondary N) is 1. The summed E-state index contributed by atoms with van der Waals surface area (Å²) in [4.78, 5) is 28.2. The van der Waals surface area contributed by atoms with Gasteiger partial charge in [-0.05, 0) is 61.4 Å². The molecule has 1 aliphatic carbocycles. The molecule has 12 heteroatoms. The minimum absolute atomic E-state index is 0.0249. The number of hydrogen-bond acceptors (Lipinski definition) is 5. The molecule has 0 unspecified atom stereocenters. The normalized spacial score (nSPS) is 28.0. The minimum atomic E-state index is -4.56. The number of likely N-dealkylation sites (tertiary alicyclic amines) is 1. The van der Waals surface area contributed by atoms with Gasteiger partial charge in [-0.3, -0.25) is 4.90 Å². The van der Waals surface area contributed by atoms with Crippen LogP contribution in [-0.2, 0) is 16.5 Å². The Hall–Kier alpha value is -3.25. The van der Waals surface area contributed by atoms with E-state index >= 15 is 0 Å². The van der Waals surface area contributed by atoms with Crippen LogP contribution in [0.4, 0.5) is 31.5 Å². The van der Waals surface area contributed by atoms with E-state index in [-0.39, 0.29) is 42.7 Å². The van der Waals surface area contributed by atoms with Crippen molar-refractivity contribution in [2.75, 3.05) is 19.7 Å². The Bertz CT molecular complexity index is 1250. The molecule has 0 bridgehead atoms. The van der Waals surface area contributed by atoms with Crippen molar-refractivity contribution in [1.29, 1.82) is 0 Å². The van der Waals surface area contributed by atoms with Crippen molar-refractivity contribution in [1.82, 2.24) is 15.1 Å². The van der Waals surface area contributed by atoms with Crippen LogP contribution >= 0.6 is 0 Å². The van der Waals surface area contributed by atoms with Gasteiger partial charge in [0.05, 0.1) is 11.2 Å². The van der Waals surface area contributed by atoms with Gasteiger partial charge in [0.15, 0.2) is 11.6 Å². The third-order valence-corrected chi connectivity index (χ3v) is 8.00. The summed E-state index contributed by atoms with van der Waals surface area (Å²) in [5, 5.41) is 14.0. The summed E-state index contributed by atoms with van der Waals surface area (Å²) < 4.78 is 72.6. The molecule has 2 atom stereocenters. The lowest BCUT2D eigenvalue weighted by atomic mass is 9.75. The van der Waals surface area contributed by atoms with E-state index in [0.717, 1.165) is 23.1 Å². The van der Waals surface area contributed by atoms with Gasteiger partial charge in [-0.1, -0.05) is 24.3 Å². The van der Waals surface area contributed by atoms with Gasteiger partial charge >= 0.3 is 18.3 Å². The number of benzene rings is 2. The van der Waals surface area contributed by atoms with Crippen LogP contribution in [0.5, 0.6) is 0 Å². The van der Waals surface area contributed by atoms with Crippen molar-refractivity contribution in [3.8, 4) is 0 Å². The van der Waals surface area contributed by atoms with Gasteiger partial charge in [0.1, 0.15) is 12.6 Å². The number of nitrogens with zero attached hydrogens (tertiary/aromatic N) is 2.